The van der Waals surface area contributed by atoms with Crippen molar-refractivity contribution >= 4 is 39.4 Å². The van der Waals surface area contributed by atoms with E-state index >= 15 is 0 Å². The number of nitrogens with one attached hydrogen (secondary N) is 1. The van der Waals surface area contributed by atoms with Crippen LogP contribution in [0.25, 0.3) is 0 Å². The Bertz CT molecular complexity index is 483. The van der Waals surface area contributed by atoms with E-state index < -0.39 is 16.9 Å². The minimum atomic E-state index is -0.703. The SMILES string of the molecule is COC(=O)C(Br)CNC(=O)C(C)Oc1cccc(Cl)c1. The predicted molar refractivity (Wildman–Crippen MR) is 79.3 cm³/mol. The van der Waals surface area contributed by atoms with Crippen LogP contribution in [0.2, 0.25) is 5.02 Å². The van der Waals surface area contributed by atoms with E-state index in [1.54, 1.807) is 31.2 Å². The fourth-order valence-corrected chi connectivity index (χ4v) is 1.87. The summed E-state index contributed by atoms with van der Waals surface area (Å²) in [6.45, 7) is 1.73. The Morgan fingerprint density at radius 2 is 2.15 bits per heavy atom. The van der Waals surface area contributed by atoms with Crippen LogP contribution >= 0.6 is 27.5 Å². The van der Waals surface area contributed by atoms with Gasteiger partial charge in [0.15, 0.2) is 6.10 Å². The number of alkyl halides is 1. The molecule has 0 aliphatic rings. The molecule has 0 aromatic heterocycles. The molecule has 1 aromatic rings. The van der Waals surface area contributed by atoms with E-state index in [1.165, 1.54) is 7.11 Å². The van der Waals surface area contributed by atoms with Crippen LogP contribution in [0.15, 0.2) is 24.3 Å². The molecule has 0 heterocycles. The van der Waals surface area contributed by atoms with E-state index in [1.807, 2.05) is 0 Å². The molecule has 2 atom stereocenters. The van der Waals surface area contributed by atoms with E-state index in [0.29, 0.717) is 10.8 Å². The van der Waals surface area contributed by atoms with Crippen molar-refractivity contribution in [1.29, 1.82) is 0 Å². The zero-order valence-corrected chi connectivity index (χ0v) is 13.4. The highest BCUT2D eigenvalue weighted by Crippen LogP contribution is 2.18. The number of halogens is 2. The lowest BCUT2D eigenvalue weighted by Gasteiger charge is -2.16. The lowest BCUT2D eigenvalue weighted by Crippen LogP contribution is -2.40. The van der Waals surface area contributed by atoms with Crippen molar-refractivity contribution in [3.8, 4) is 5.75 Å². The van der Waals surface area contributed by atoms with Crippen molar-refractivity contribution in [3.63, 3.8) is 0 Å². The van der Waals surface area contributed by atoms with Gasteiger partial charge in [-0.15, -0.1) is 0 Å². The standard InChI is InChI=1S/C13H15BrClNO4/c1-8(20-10-5-3-4-9(15)6-10)12(17)16-7-11(14)13(18)19-2/h3-6,8,11H,7H2,1-2H3,(H,16,17). The first-order valence-electron chi connectivity index (χ1n) is 5.86. The van der Waals surface area contributed by atoms with Crippen LogP contribution in [0.3, 0.4) is 0 Å². The second kappa shape index (κ2) is 8.11. The normalized spacial score (nSPS) is 13.2. The summed E-state index contributed by atoms with van der Waals surface area (Å²) in [5.74, 6) is -0.282. The predicted octanol–water partition coefficient (Wildman–Crippen LogP) is 2.16. The molecular weight excluding hydrogens is 350 g/mol. The summed E-state index contributed by atoms with van der Waals surface area (Å²) in [5, 5.41) is 3.12. The van der Waals surface area contributed by atoms with Gasteiger partial charge in [-0.2, -0.15) is 0 Å². The number of methoxy groups -OCH3 is 1. The molecule has 110 valence electrons. The highest BCUT2D eigenvalue weighted by atomic mass is 79.9. The summed E-state index contributed by atoms with van der Waals surface area (Å²) in [6, 6.07) is 6.77. The quantitative estimate of drug-likeness (QED) is 0.620. The van der Waals surface area contributed by atoms with E-state index in [4.69, 9.17) is 16.3 Å². The van der Waals surface area contributed by atoms with Crippen molar-refractivity contribution < 1.29 is 19.1 Å². The zero-order chi connectivity index (χ0) is 15.1. The van der Waals surface area contributed by atoms with Gasteiger partial charge in [0.1, 0.15) is 10.6 Å². The molecule has 0 aliphatic heterocycles. The summed E-state index contributed by atoms with van der Waals surface area (Å²) >= 11 is 8.93. The number of benzene rings is 1. The van der Waals surface area contributed by atoms with Gasteiger partial charge in [-0.1, -0.05) is 33.6 Å². The van der Waals surface area contributed by atoms with Gasteiger partial charge in [0.25, 0.3) is 5.91 Å². The largest absolute Gasteiger partial charge is 0.481 e. The molecular formula is C13H15BrClNO4. The molecule has 5 nitrogen and oxygen atoms in total. The van der Waals surface area contributed by atoms with E-state index in [9.17, 15) is 9.59 Å². The molecule has 2 unspecified atom stereocenters. The Balaban J connectivity index is 2.45. The molecule has 0 spiro atoms. The summed E-state index contributed by atoms with van der Waals surface area (Å²) in [5.41, 5.74) is 0. The summed E-state index contributed by atoms with van der Waals surface area (Å²) < 4.78 is 9.98. The van der Waals surface area contributed by atoms with Crippen LogP contribution in [-0.4, -0.2) is 36.5 Å². The highest BCUT2D eigenvalue weighted by molar-refractivity contribution is 9.10. The Labute approximate surface area is 130 Å². The third kappa shape index (κ3) is 5.38. The molecule has 0 radical (unpaired) electrons. The minimum absolute atomic E-state index is 0.120. The Morgan fingerprint density at radius 3 is 2.75 bits per heavy atom. The molecule has 20 heavy (non-hydrogen) atoms. The van der Waals surface area contributed by atoms with Gasteiger partial charge in [0.2, 0.25) is 0 Å². The first kappa shape index (κ1) is 16.8. The molecule has 0 saturated carbocycles. The van der Waals surface area contributed by atoms with E-state index in [2.05, 4.69) is 26.0 Å². The van der Waals surface area contributed by atoms with Gasteiger partial charge in [-0.05, 0) is 25.1 Å². The fourth-order valence-electron chi connectivity index (χ4n) is 1.34. The van der Waals surface area contributed by atoms with Crippen LogP contribution < -0.4 is 10.1 Å². The number of amides is 1. The number of esters is 1. The maximum absolute atomic E-state index is 11.8. The summed E-state index contributed by atoms with van der Waals surface area (Å²) in [6.07, 6.45) is -0.703. The third-order valence-corrected chi connectivity index (χ3v) is 3.32. The highest BCUT2D eigenvalue weighted by Gasteiger charge is 2.19. The van der Waals surface area contributed by atoms with Crippen LogP contribution in [0, 0.1) is 0 Å². The van der Waals surface area contributed by atoms with Crippen LogP contribution in [0.4, 0.5) is 0 Å². The average molecular weight is 365 g/mol. The van der Waals surface area contributed by atoms with Gasteiger partial charge in [0, 0.05) is 11.6 Å². The maximum Gasteiger partial charge on any atom is 0.321 e. The van der Waals surface area contributed by atoms with Crippen molar-refractivity contribution in [1.82, 2.24) is 5.32 Å². The first-order chi connectivity index (χ1) is 9.43. The number of rotatable bonds is 6. The van der Waals surface area contributed by atoms with Crippen LogP contribution in [-0.2, 0) is 14.3 Å². The van der Waals surface area contributed by atoms with Gasteiger partial charge in [-0.3, -0.25) is 9.59 Å². The van der Waals surface area contributed by atoms with Gasteiger partial charge >= 0.3 is 5.97 Å². The Morgan fingerprint density at radius 1 is 1.45 bits per heavy atom. The molecule has 0 bridgehead atoms. The molecule has 0 fully saturated rings. The second-order valence-corrected chi connectivity index (χ2v) is 5.50. The van der Waals surface area contributed by atoms with Crippen LogP contribution in [0.1, 0.15) is 6.92 Å². The van der Waals surface area contributed by atoms with Crippen molar-refractivity contribution in [3.05, 3.63) is 29.3 Å². The lowest BCUT2D eigenvalue weighted by molar-refractivity contribution is -0.139. The molecule has 0 saturated heterocycles. The summed E-state index contributed by atoms with van der Waals surface area (Å²) in [4.78, 5) is 22.4. The molecule has 1 N–H and O–H groups in total. The number of hydrogen-bond acceptors (Lipinski definition) is 4. The van der Waals surface area contributed by atoms with E-state index in [0.717, 1.165) is 0 Å². The Kier molecular flexibility index (Phi) is 6.81. The average Bonchev–Trinajstić information content (AvgIpc) is 2.43. The molecule has 1 rings (SSSR count). The number of hydrogen-bond donors (Lipinski definition) is 1. The minimum Gasteiger partial charge on any atom is -0.481 e. The van der Waals surface area contributed by atoms with Gasteiger partial charge in [-0.25, -0.2) is 0 Å². The van der Waals surface area contributed by atoms with Crippen LogP contribution in [0.5, 0.6) is 5.75 Å². The Hall–Kier alpha value is -1.27. The first-order valence-corrected chi connectivity index (χ1v) is 7.15. The van der Waals surface area contributed by atoms with Crippen molar-refractivity contribution in [2.45, 2.75) is 17.9 Å². The van der Waals surface area contributed by atoms with Gasteiger partial charge < -0.3 is 14.8 Å². The van der Waals surface area contributed by atoms with E-state index in [-0.39, 0.29) is 12.5 Å². The van der Waals surface area contributed by atoms with Crippen molar-refractivity contribution in [2.75, 3.05) is 13.7 Å². The number of carbonyl (C=O) groups is 2. The number of carbonyl (C=O) groups excluding carboxylic acids is 2. The maximum atomic E-state index is 11.8. The fraction of sp³-hybridized carbons (Fsp3) is 0.385. The molecule has 1 amide bonds. The second-order valence-electron chi connectivity index (χ2n) is 3.95. The lowest BCUT2D eigenvalue weighted by atomic mass is 10.3. The zero-order valence-electron chi connectivity index (χ0n) is 11.1. The molecule has 7 heteroatoms. The van der Waals surface area contributed by atoms with Gasteiger partial charge in [0.05, 0.1) is 7.11 Å². The molecule has 0 aliphatic carbocycles. The monoisotopic (exact) mass is 363 g/mol. The molecule has 1 aromatic carbocycles. The van der Waals surface area contributed by atoms with Crippen molar-refractivity contribution in [2.24, 2.45) is 0 Å². The summed E-state index contributed by atoms with van der Waals surface area (Å²) in [7, 11) is 1.28. The third-order valence-electron chi connectivity index (χ3n) is 2.39. The smallest absolute Gasteiger partial charge is 0.321 e. The number of ether oxygens (including phenoxy) is 2. The topological polar surface area (TPSA) is 64.6 Å².